The van der Waals surface area contributed by atoms with Gasteiger partial charge in [0.25, 0.3) is 0 Å². The van der Waals surface area contributed by atoms with Gasteiger partial charge in [-0.05, 0) is 31.9 Å². The number of aromatic nitrogens is 4. The Morgan fingerprint density at radius 3 is 2.56 bits per heavy atom. The normalized spacial score (nSPS) is 11.9. The highest BCUT2D eigenvalue weighted by Crippen LogP contribution is 2.24. The van der Waals surface area contributed by atoms with Gasteiger partial charge >= 0.3 is 6.18 Å². The maximum absolute atomic E-state index is 12.1. The summed E-state index contributed by atoms with van der Waals surface area (Å²) in [5.41, 5.74) is 3.50. The molecule has 8 nitrogen and oxygen atoms in total. The highest BCUT2D eigenvalue weighted by molar-refractivity contribution is 5.65. The zero-order valence-electron chi connectivity index (χ0n) is 19.1. The molecule has 0 saturated heterocycles. The van der Waals surface area contributed by atoms with Gasteiger partial charge in [-0.25, -0.2) is 9.97 Å². The van der Waals surface area contributed by atoms with Crippen LogP contribution in [0.4, 0.5) is 24.8 Å². The first-order chi connectivity index (χ1) is 16.0. The summed E-state index contributed by atoms with van der Waals surface area (Å²) in [4.78, 5) is 8.95. The van der Waals surface area contributed by atoms with E-state index in [0.717, 1.165) is 22.4 Å². The third kappa shape index (κ3) is 7.54. The molecule has 2 N–H and O–H groups in total. The molecule has 34 heavy (non-hydrogen) atoms. The summed E-state index contributed by atoms with van der Waals surface area (Å²) in [6.45, 7) is 4.97. The standard InChI is InChI=1S/C23H26F3N7O/c1-16-8-29-21(31-19-9-30-33(10-19)14-22(2,3)12-27)32-20(16)18-6-4-17(5-7-18)11-34-15-28-13-23(24,25)26/h4-10,28H,11,13-15H2,1-3H3,(H,29,31,32). The lowest BCUT2D eigenvalue weighted by molar-refractivity contribution is -0.128. The molecule has 2 heterocycles. The Labute approximate surface area is 195 Å². The molecule has 3 rings (SSSR count). The number of aryl methyl sites for hydroxylation is 1. The van der Waals surface area contributed by atoms with Gasteiger partial charge in [0.05, 0.1) is 55.5 Å². The number of nitrogens with one attached hydrogen (secondary N) is 2. The van der Waals surface area contributed by atoms with Crippen molar-refractivity contribution < 1.29 is 17.9 Å². The summed E-state index contributed by atoms with van der Waals surface area (Å²) in [6, 6.07) is 9.69. The van der Waals surface area contributed by atoms with Crippen molar-refractivity contribution in [2.45, 2.75) is 40.1 Å². The highest BCUT2D eigenvalue weighted by atomic mass is 19.4. The molecular weight excluding hydrogens is 447 g/mol. The molecule has 1 aromatic carbocycles. The lowest BCUT2D eigenvalue weighted by atomic mass is 9.96. The van der Waals surface area contributed by atoms with Crippen LogP contribution in [-0.2, 0) is 17.9 Å². The van der Waals surface area contributed by atoms with Crippen LogP contribution in [0.2, 0.25) is 0 Å². The van der Waals surface area contributed by atoms with E-state index in [2.05, 4.69) is 31.8 Å². The Hall–Kier alpha value is -3.49. The molecule has 0 fully saturated rings. The maximum Gasteiger partial charge on any atom is 0.401 e. The van der Waals surface area contributed by atoms with Crippen molar-refractivity contribution in [3.8, 4) is 17.3 Å². The minimum atomic E-state index is -4.26. The molecule has 0 amide bonds. The number of halogens is 3. The first-order valence-electron chi connectivity index (χ1n) is 10.5. The van der Waals surface area contributed by atoms with Crippen LogP contribution in [0.25, 0.3) is 11.3 Å². The van der Waals surface area contributed by atoms with Gasteiger partial charge < -0.3 is 10.1 Å². The average molecular weight is 474 g/mol. The van der Waals surface area contributed by atoms with Crippen LogP contribution in [0.3, 0.4) is 0 Å². The van der Waals surface area contributed by atoms with Gasteiger partial charge in [-0.1, -0.05) is 24.3 Å². The van der Waals surface area contributed by atoms with E-state index in [1.54, 1.807) is 23.3 Å². The Kier molecular flexibility index (Phi) is 7.86. The summed E-state index contributed by atoms with van der Waals surface area (Å²) in [5, 5.41) is 18.8. The summed E-state index contributed by atoms with van der Waals surface area (Å²) in [5.74, 6) is 0.405. The van der Waals surface area contributed by atoms with Crippen molar-refractivity contribution in [2.75, 3.05) is 18.6 Å². The molecule has 2 aromatic heterocycles. The van der Waals surface area contributed by atoms with E-state index in [1.165, 1.54) is 0 Å². The number of benzene rings is 1. The Morgan fingerprint density at radius 2 is 1.88 bits per heavy atom. The SMILES string of the molecule is Cc1cnc(Nc2cnn(CC(C)(C)C#N)c2)nc1-c1ccc(COCNCC(F)(F)F)cc1. The second-order valence-corrected chi connectivity index (χ2v) is 8.50. The van der Waals surface area contributed by atoms with Crippen LogP contribution >= 0.6 is 0 Å². The number of hydrogen-bond acceptors (Lipinski definition) is 7. The first-order valence-corrected chi connectivity index (χ1v) is 10.5. The molecule has 0 aliphatic carbocycles. The summed E-state index contributed by atoms with van der Waals surface area (Å²) in [6.07, 6.45) is 0.898. The van der Waals surface area contributed by atoms with Gasteiger partial charge in [-0.3, -0.25) is 10.00 Å². The number of anilines is 2. The molecule has 0 atom stereocenters. The Balaban J connectivity index is 1.62. The lowest BCUT2D eigenvalue weighted by Gasteiger charge is -2.14. The van der Waals surface area contributed by atoms with E-state index in [1.807, 2.05) is 45.0 Å². The molecule has 3 aromatic rings. The average Bonchev–Trinajstić information content (AvgIpc) is 3.20. The minimum Gasteiger partial charge on any atom is -0.362 e. The van der Waals surface area contributed by atoms with Crippen molar-refractivity contribution in [3.63, 3.8) is 0 Å². The summed E-state index contributed by atoms with van der Waals surface area (Å²) in [7, 11) is 0. The molecule has 0 spiro atoms. The van der Waals surface area contributed by atoms with Crippen LogP contribution in [-0.4, -0.2) is 39.2 Å². The van der Waals surface area contributed by atoms with Crippen LogP contribution in [0.15, 0.2) is 42.9 Å². The second kappa shape index (κ2) is 10.6. The summed E-state index contributed by atoms with van der Waals surface area (Å²) < 4.78 is 43.3. The Bertz CT molecular complexity index is 1130. The van der Waals surface area contributed by atoms with Crippen molar-refractivity contribution in [3.05, 3.63) is 54.0 Å². The van der Waals surface area contributed by atoms with Gasteiger partial charge in [-0.2, -0.15) is 23.5 Å². The van der Waals surface area contributed by atoms with Crippen LogP contribution < -0.4 is 10.6 Å². The van der Waals surface area contributed by atoms with E-state index >= 15 is 0 Å². The number of rotatable bonds is 10. The van der Waals surface area contributed by atoms with Gasteiger partial charge in [-0.15, -0.1) is 0 Å². The van der Waals surface area contributed by atoms with Gasteiger partial charge in [0, 0.05) is 18.0 Å². The second-order valence-electron chi connectivity index (χ2n) is 8.50. The monoisotopic (exact) mass is 473 g/mol. The number of ether oxygens (including phenoxy) is 1. The van der Waals surface area contributed by atoms with Crippen LogP contribution in [0.1, 0.15) is 25.0 Å². The lowest BCUT2D eigenvalue weighted by Crippen LogP contribution is -2.30. The highest BCUT2D eigenvalue weighted by Gasteiger charge is 2.26. The van der Waals surface area contributed by atoms with Gasteiger partial charge in [0.2, 0.25) is 5.95 Å². The number of alkyl halides is 3. The third-order valence-electron chi connectivity index (χ3n) is 4.75. The minimum absolute atomic E-state index is 0.188. The largest absolute Gasteiger partial charge is 0.401 e. The third-order valence-corrected chi connectivity index (χ3v) is 4.75. The first kappa shape index (κ1) is 25.1. The van der Waals surface area contributed by atoms with Crippen LogP contribution in [0.5, 0.6) is 0 Å². The molecule has 0 aliphatic rings. The van der Waals surface area contributed by atoms with E-state index in [4.69, 9.17) is 4.74 Å². The van der Waals surface area contributed by atoms with Crippen molar-refractivity contribution >= 4 is 11.6 Å². The maximum atomic E-state index is 12.1. The number of hydrogen-bond donors (Lipinski definition) is 2. The number of nitriles is 1. The van der Waals surface area contributed by atoms with Crippen molar-refractivity contribution in [1.82, 2.24) is 25.1 Å². The molecule has 0 saturated carbocycles. The van der Waals surface area contributed by atoms with E-state index in [9.17, 15) is 18.4 Å². The fraction of sp³-hybridized carbons (Fsp3) is 0.391. The molecule has 0 bridgehead atoms. The fourth-order valence-corrected chi connectivity index (χ4v) is 3.07. The Morgan fingerprint density at radius 1 is 1.15 bits per heavy atom. The van der Waals surface area contributed by atoms with Crippen LogP contribution in [0, 0.1) is 23.7 Å². The molecule has 11 heteroatoms. The zero-order valence-corrected chi connectivity index (χ0v) is 19.1. The van der Waals surface area contributed by atoms with Gasteiger partial charge in [0.1, 0.15) is 0 Å². The smallest absolute Gasteiger partial charge is 0.362 e. The summed E-state index contributed by atoms with van der Waals surface area (Å²) >= 11 is 0. The topological polar surface area (TPSA) is 101 Å². The molecular formula is C23H26F3N7O. The predicted octanol–water partition coefficient (Wildman–Crippen LogP) is 4.57. The predicted molar refractivity (Wildman–Crippen MR) is 121 cm³/mol. The van der Waals surface area contributed by atoms with E-state index < -0.39 is 18.1 Å². The quantitative estimate of drug-likeness (QED) is 0.329. The zero-order chi connectivity index (χ0) is 24.8. The van der Waals surface area contributed by atoms with Crippen molar-refractivity contribution in [1.29, 1.82) is 5.26 Å². The molecule has 0 unspecified atom stereocenters. The van der Waals surface area contributed by atoms with E-state index in [-0.39, 0.29) is 13.3 Å². The molecule has 0 radical (unpaired) electrons. The van der Waals surface area contributed by atoms with Crippen molar-refractivity contribution in [2.24, 2.45) is 5.41 Å². The van der Waals surface area contributed by atoms with Gasteiger partial charge in [0.15, 0.2) is 0 Å². The number of nitrogens with zero attached hydrogens (tertiary/aromatic N) is 5. The van der Waals surface area contributed by atoms with E-state index in [0.29, 0.717) is 18.2 Å². The molecule has 180 valence electrons. The fourth-order valence-electron chi connectivity index (χ4n) is 3.07. The molecule has 0 aliphatic heterocycles.